The van der Waals surface area contributed by atoms with Crippen molar-refractivity contribution in [3.8, 4) is 0 Å². The molecule has 0 aliphatic carbocycles. The first-order valence-electron chi connectivity index (χ1n) is 9.42. The van der Waals surface area contributed by atoms with Crippen LogP contribution in [0.2, 0.25) is 5.02 Å². The van der Waals surface area contributed by atoms with Crippen LogP contribution in [-0.2, 0) is 21.9 Å². The van der Waals surface area contributed by atoms with Crippen LogP contribution in [0.5, 0.6) is 0 Å². The number of carbonyl (C=O) groups excluding carboxylic acids is 2. The monoisotopic (exact) mass is 496 g/mol. The van der Waals surface area contributed by atoms with Crippen LogP contribution < -0.4 is 5.32 Å². The second-order valence-corrected chi connectivity index (χ2v) is 9.44. The maximum Gasteiger partial charge on any atom is 0.242 e. The van der Waals surface area contributed by atoms with E-state index in [0.29, 0.717) is 17.3 Å². The molecule has 2 aromatic rings. The van der Waals surface area contributed by atoms with E-state index in [0.717, 1.165) is 21.4 Å². The lowest BCUT2D eigenvalue weighted by atomic mass is 10.1. The summed E-state index contributed by atoms with van der Waals surface area (Å²) < 4.78 is 1.03. The van der Waals surface area contributed by atoms with Gasteiger partial charge in [0.2, 0.25) is 11.8 Å². The first kappa shape index (κ1) is 23.8. The molecule has 2 amide bonds. The van der Waals surface area contributed by atoms with E-state index in [4.69, 9.17) is 11.6 Å². The summed E-state index contributed by atoms with van der Waals surface area (Å²) in [6, 6.07) is 14.8. The summed E-state index contributed by atoms with van der Waals surface area (Å²) in [7, 11) is 0. The molecule has 0 aromatic heterocycles. The molecule has 7 heteroatoms. The molecular formula is C22H26BrClN2O2S. The molecule has 0 saturated carbocycles. The zero-order chi connectivity index (χ0) is 21.4. The lowest BCUT2D eigenvalue weighted by Crippen LogP contribution is -2.49. The zero-order valence-corrected chi connectivity index (χ0v) is 20.0. The average molecular weight is 498 g/mol. The fourth-order valence-electron chi connectivity index (χ4n) is 2.69. The summed E-state index contributed by atoms with van der Waals surface area (Å²) in [6.07, 6.45) is 0. The molecule has 4 nitrogen and oxygen atoms in total. The van der Waals surface area contributed by atoms with Gasteiger partial charge in [0.25, 0.3) is 0 Å². The van der Waals surface area contributed by atoms with Crippen LogP contribution in [-0.4, -0.2) is 34.6 Å². The lowest BCUT2D eigenvalue weighted by molar-refractivity contribution is -0.138. The molecule has 2 aromatic carbocycles. The SMILES string of the molecule is CC(C)NC(=O)[C@@H](C)N(Cc1ccc(Cl)cc1)C(=O)CSCc1ccc(Br)cc1. The Balaban J connectivity index is 2.05. The minimum absolute atomic E-state index is 0.0178. The molecule has 2 rings (SSSR count). The van der Waals surface area contributed by atoms with E-state index in [1.165, 1.54) is 0 Å². The number of hydrogen-bond donors (Lipinski definition) is 1. The van der Waals surface area contributed by atoms with Gasteiger partial charge in [-0.3, -0.25) is 9.59 Å². The van der Waals surface area contributed by atoms with Crippen LogP contribution in [0.25, 0.3) is 0 Å². The molecule has 1 N–H and O–H groups in total. The molecule has 0 radical (unpaired) electrons. The number of hydrogen-bond acceptors (Lipinski definition) is 3. The standard InChI is InChI=1S/C22H26BrClN2O2S/c1-15(2)25-22(28)16(3)26(12-17-6-10-20(24)11-7-17)21(27)14-29-13-18-4-8-19(23)9-5-18/h4-11,15-16H,12-14H2,1-3H3,(H,25,28)/t16-/m1/s1. The Hall–Kier alpha value is -1.50. The van der Waals surface area contributed by atoms with Crippen molar-refractivity contribution in [1.82, 2.24) is 10.2 Å². The van der Waals surface area contributed by atoms with Gasteiger partial charge in [0.1, 0.15) is 6.04 Å². The van der Waals surface area contributed by atoms with Crippen molar-refractivity contribution in [1.29, 1.82) is 0 Å². The maximum atomic E-state index is 13.0. The van der Waals surface area contributed by atoms with Gasteiger partial charge < -0.3 is 10.2 Å². The highest BCUT2D eigenvalue weighted by molar-refractivity contribution is 9.10. The van der Waals surface area contributed by atoms with Gasteiger partial charge in [-0.25, -0.2) is 0 Å². The van der Waals surface area contributed by atoms with E-state index in [1.54, 1.807) is 35.7 Å². The third kappa shape index (κ3) is 8.03. The lowest BCUT2D eigenvalue weighted by Gasteiger charge is -2.29. The summed E-state index contributed by atoms with van der Waals surface area (Å²) in [5.41, 5.74) is 2.09. The second-order valence-electron chi connectivity index (χ2n) is 7.11. The van der Waals surface area contributed by atoms with Crippen molar-refractivity contribution in [2.45, 2.75) is 45.2 Å². The number of thioether (sulfide) groups is 1. The smallest absolute Gasteiger partial charge is 0.242 e. The van der Waals surface area contributed by atoms with Crippen molar-refractivity contribution >= 4 is 51.1 Å². The quantitative estimate of drug-likeness (QED) is 0.513. The van der Waals surface area contributed by atoms with Crippen LogP contribution in [0.3, 0.4) is 0 Å². The van der Waals surface area contributed by atoms with E-state index in [-0.39, 0.29) is 17.9 Å². The van der Waals surface area contributed by atoms with Crippen LogP contribution in [0, 0.1) is 0 Å². The third-order valence-corrected chi connectivity index (χ3v) is 6.04. The van der Waals surface area contributed by atoms with E-state index in [1.807, 2.05) is 50.2 Å². The first-order chi connectivity index (χ1) is 13.8. The molecule has 0 heterocycles. The number of nitrogens with zero attached hydrogens (tertiary/aromatic N) is 1. The fraction of sp³-hybridized carbons (Fsp3) is 0.364. The van der Waals surface area contributed by atoms with Gasteiger partial charge in [0.05, 0.1) is 5.75 Å². The maximum absolute atomic E-state index is 13.0. The molecule has 0 bridgehead atoms. The van der Waals surface area contributed by atoms with Gasteiger partial charge in [-0.1, -0.05) is 51.8 Å². The molecule has 29 heavy (non-hydrogen) atoms. The average Bonchev–Trinajstić information content (AvgIpc) is 2.68. The molecule has 0 fully saturated rings. The highest BCUT2D eigenvalue weighted by atomic mass is 79.9. The van der Waals surface area contributed by atoms with Gasteiger partial charge in [-0.2, -0.15) is 0 Å². The highest BCUT2D eigenvalue weighted by Crippen LogP contribution is 2.18. The number of carbonyl (C=O) groups is 2. The van der Waals surface area contributed by atoms with E-state index in [9.17, 15) is 9.59 Å². The predicted octanol–water partition coefficient (Wildman–Crippen LogP) is 5.28. The molecule has 0 aliphatic heterocycles. The number of halogens is 2. The molecular weight excluding hydrogens is 472 g/mol. The number of benzene rings is 2. The van der Waals surface area contributed by atoms with Gasteiger partial charge in [0, 0.05) is 27.8 Å². The van der Waals surface area contributed by atoms with E-state index in [2.05, 4.69) is 21.2 Å². The van der Waals surface area contributed by atoms with Crippen molar-refractivity contribution < 1.29 is 9.59 Å². The highest BCUT2D eigenvalue weighted by Gasteiger charge is 2.26. The van der Waals surface area contributed by atoms with Gasteiger partial charge >= 0.3 is 0 Å². The number of amides is 2. The van der Waals surface area contributed by atoms with Crippen molar-refractivity contribution in [3.63, 3.8) is 0 Å². The predicted molar refractivity (Wildman–Crippen MR) is 125 cm³/mol. The van der Waals surface area contributed by atoms with Crippen molar-refractivity contribution in [2.24, 2.45) is 0 Å². The third-order valence-electron chi connectivity index (χ3n) is 4.27. The summed E-state index contributed by atoms with van der Waals surface area (Å²) in [5, 5.41) is 3.54. The Labute approximate surface area is 190 Å². The van der Waals surface area contributed by atoms with E-state index < -0.39 is 6.04 Å². The Morgan fingerprint density at radius 3 is 2.21 bits per heavy atom. The fourth-order valence-corrected chi connectivity index (χ4v) is 3.95. The van der Waals surface area contributed by atoms with Crippen molar-refractivity contribution in [2.75, 3.05) is 5.75 Å². The molecule has 0 spiro atoms. The number of rotatable bonds is 9. The van der Waals surface area contributed by atoms with Gasteiger partial charge in [-0.15, -0.1) is 11.8 Å². The van der Waals surface area contributed by atoms with E-state index >= 15 is 0 Å². The molecule has 156 valence electrons. The molecule has 1 atom stereocenters. The Kier molecular flexibility index (Phi) is 9.53. The van der Waals surface area contributed by atoms with Crippen molar-refractivity contribution in [3.05, 3.63) is 69.2 Å². The van der Waals surface area contributed by atoms with Crippen LogP contribution in [0.1, 0.15) is 31.9 Å². The molecule has 0 saturated heterocycles. The minimum atomic E-state index is -0.561. The summed E-state index contributed by atoms with van der Waals surface area (Å²) >= 11 is 10.9. The first-order valence-corrected chi connectivity index (χ1v) is 11.8. The zero-order valence-electron chi connectivity index (χ0n) is 16.8. The van der Waals surface area contributed by atoms with Crippen LogP contribution in [0.4, 0.5) is 0 Å². The second kappa shape index (κ2) is 11.6. The topological polar surface area (TPSA) is 49.4 Å². The Morgan fingerprint density at radius 1 is 1.03 bits per heavy atom. The normalized spacial score (nSPS) is 11.9. The minimum Gasteiger partial charge on any atom is -0.352 e. The van der Waals surface area contributed by atoms with Crippen LogP contribution in [0.15, 0.2) is 53.0 Å². The van der Waals surface area contributed by atoms with Gasteiger partial charge in [-0.05, 0) is 56.2 Å². The summed E-state index contributed by atoms with van der Waals surface area (Å²) in [5.74, 6) is 0.831. The Morgan fingerprint density at radius 2 is 1.62 bits per heavy atom. The Bertz CT molecular complexity index is 813. The molecule has 0 aliphatic rings. The summed E-state index contributed by atoms with van der Waals surface area (Å²) in [4.78, 5) is 27.2. The molecule has 0 unspecified atom stereocenters. The largest absolute Gasteiger partial charge is 0.352 e. The van der Waals surface area contributed by atoms with Crippen LogP contribution >= 0.6 is 39.3 Å². The summed E-state index contributed by atoms with van der Waals surface area (Å²) in [6.45, 7) is 5.94. The number of nitrogens with one attached hydrogen (secondary N) is 1. The van der Waals surface area contributed by atoms with Gasteiger partial charge in [0.15, 0.2) is 0 Å².